The third kappa shape index (κ3) is 1.26. The molecule has 0 aliphatic rings. The average Bonchev–Trinajstić information content (AvgIpc) is 2.48. The molecule has 0 amide bonds. The van der Waals surface area contributed by atoms with Crippen LogP contribution in [0.1, 0.15) is 0 Å². The Kier molecular flexibility index (Phi) is 1.73. The Morgan fingerprint density at radius 2 is 2.46 bits per heavy atom. The minimum atomic E-state index is 0.395. The molecule has 0 bridgehead atoms. The summed E-state index contributed by atoms with van der Waals surface area (Å²) in [5.74, 6) is 0.466. The zero-order chi connectivity index (χ0) is 9.26. The van der Waals surface area contributed by atoms with Gasteiger partial charge in [0.15, 0.2) is 0 Å². The Balaban J connectivity index is 2.56. The second kappa shape index (κ2) is 2.90. The predicted molar refractivity (Wildman–Crippen MR) is 47.4 cm³/mol. The first-order chi connectivity index (χ1) is 6.31. The van der Waals surface area contributed by atoms with Crippen LogP contribution >= 0.6 is 0 Å². The molecule has 2 aromatic heterocycles. The SMILES string of the molecule is Cn1ccc2cc(OC=O)cnc21. The summed E-state index contributed by atoms with van der Waals surface area (Å²) in [6, 6.07) is 3.69. The first-order valence-electron chi connectivity index (χ1n) is 3.82. The molecule has 0 unspecified atom stereocenters. The van der Waals surface area contributed by atoms with Gasteiger partial charge >= 0.3 is 0 Å². The van der Waals surface area contributed by atoms with Crippen molar-refractivity contribution in [1.82, 2.24) is 9.55 Å². The van der Waals surface area contributed by atoms with Crippen LogP contribution in [0.15, 0.2) is 24.5 Å². The van der Waals surface area contributed by atoms with Crippen molar-refractivity contribution in [3.63, 3.8) is 0 Å². The molecular weight excluding hydrogens is 168 g/mol. The van der Waals surface area contributed by atoms with Gasteiger partial charge in [0.1, 0.15) is 11.4 Å². The third-order valence-corrected chi connectivity index (χ3v) is 1.87. The van der Waals surface area contributed by atoms with E-state index >= 15 is 0 Å². The van der Waals surface area contributed by atoms with Crippen LogP contribution in [0.3, 0.4) is 0 Å². The molecule has 2 rings (SSSR count). The molecular formula is C9H8N2O2. The van der Waals surface area contributed by atoms with E-state index in [9.17, 15) is 4.79 Å². The number of fused-ring (bicyclic) bond motifs is 1. The number of pyridine rings is 1. The van der Waals surface area contributed by atoms with Crippen LogP contribution in [0.4, 0.5) is 0 Å². The number of rotatable bonds is 2. The minimum Gasteiger partial charge on any atom is -0.427 e. The van der Waals surface area contributed by atoms with Gasteiger partial charge in [-0.3, -0.25) is 4.79 Å². The highest BCUT2D eigenvalue weighted by Crippen LogP contribution is 2.17. The molecule has 0 fully saturated rings. The zero-order valence-corrected chi connectivity index (χ0v) is 7.10. The summed E-state index contributed by atoms with van der Waals surface area (Å²) in [7, 11) is 1.91. The summed E-state index contributed by atoms with van der Waals surface area (Å²) in [4.78, 5) is 14.2. The molecule has 2 aromatic rings. The summed E-state index contributed by atoms with van der Waals surface area (Å²) >= 11 is 0. The molecule has 0 radical (unpaired) electrons. The van der Waals surface area contributed by atoms with Gasteiger partial charge in [-0.25, -0.2) is 4.98 Å². The van der Waals surface area contributed by atoms with Crippen molar-refractivity contribution in [2.24, 2.45) is 7.05 Å². The summed E-state index contributed by atoms with van der Waals surface area (Å²) in [5, 5.41) is 0.960. The maximum absolute atomic E-state index is 10.1. The topological polar surface area (TPSA) is 44.1 Å². The van der Waals surface area contributed by atoms with Crippen molar-refractivity contribution in [1.29, 1.82) is 0 Å². The number of ether oxygens (including phenoxy) is 1. The van der Waals surface area contributed by atoms with Crippen LogP contribution in [0.5, 0.6) is 5.75 Å². The quantitative estimate of drug-likeness (QED) is 0.644. The van der Waals surface area contributed by atoms with E-state index in [1.165, 1.54) is 6.20 Å². The predicted octanol–water partition coefficient (Wildman–Crippen LogP) is 1.11. The molecule has 0 spiro atoms. The Morgan fingerprint density at radius 3 is 3.23 bits per heavy atom. The molecule has 0 aliphatic heterocycles. The summed E-state index contributed by atoms with van der Waals surface area (Å²) in [5.41, 5.74) is 0.873. The Hall–Kier alpha value is -1.84. The molecule has 0 aromatic carbocycles. The van der Waals surface area contributed by atoms with Crippen LogP contribution in [0.25, 0.3) is 11.0 Å². The van der Waals surface area contributed by atoms with Gasteiger partial charge in [0.2, 0.25) is 0 Å². The van der Waals surface area contributed by atoms with Crippen LogP contribution in [0, 0.1) is 0 Å². The van der Waals surface area contributed by atoms with Crippen molar-refractivity contribution in [2.45, 2.75) is 0 Å². The van der Waals surface area contributed by atoms with Gasteiger partial charge in [-0.05, 0) is 12.1 Å². The fourth-order valence-corrected chi connectivity index (χ4v) is 1.25. The molecule has 0 atom stereocenters. The maximum atomic E-state index is 10.1. The fourth-order valence-electron chi connectivity index (χ4n) is 1.25. The Bertz CT molecular complexity index is 448. The van der Waals surface area contributed by atoms with Gasteiger partial charge in [0.05, 0.1) is 6.20 Å². The van der Waals surface area contributed by atoms with E-state index < -0.39 is 0 Å². The van der Waals surface area contributed by atoms with E-state index in [1.54, 1.807) is 6.07 Å². The number of carbonyl (C=O) groups excluding carboxylic acids is 1. The van der Waals surface area contributed by atoms with Gasteiger partial charge in [-0.15, -0.1) is 0 Å². The van der Waals surface area contributed by atoms with Gasteiger partial charge in [-0.2, -0.15) is 0 Å². The van der Waals surface area contributed by atoms with Crippen molar-refractivity contribution in [2.75, 3.05) is 0 Å². The van der Waals surface area contributed by atoms with Crippen molar-refractivity contribution < 1.29 is 9.53 Å². The number of aromatic nitrogens is 2. The van der Waals surface area contributed by atoms with Gasteiger partial charge in [0.25, 0.3) is 6.47 Å². The molecule has 0 saturated heterocycles. The van der Waals surface area contributed by atoms with Gasteiger partial charge in [-0.1, -0.05) is 0 Å². The summed E-state index contributed by atoms with van der Waals surface area (Å²) in [6.07, 6.45) is 3.43. The lowest BCUT2D eigenvalue weighted by molar-refractivity contribution is -0.120. The maximum Gasteiger partial charge on any atom is 0.298 e. The number of aryl methyl sites for hydroxylation is 1. The van der Waals surface area contributed by atoms with Crippen molar-refractivity contribution >= 4 is 17.5 Å². The van der Waals surface area contributed by atoms with Crippen LogP contribution < -0.4 is 4.74 Å². The summed E-state index contributed by atoms with van der Waals surface area (Å²) in [6.45, 7) is 0.395. The lowest BCUT2D eigenvalue weighted by Gasteiger charge is -1.97. The van der Waals surface area contributed by atoms with Crippen LogP contribution in [0.2, 0.25) is 0 Å². The van der Waals surface area contributed by atoms with E-state index in [1.807, 2.05) is 23.9 Å². The first kappa shape index (κ1) is 7.79. The second-order valence-corrected chi connectivity index (χ2v) is 2.72. The highest BCUT2D eigenvalue weighted by molar-refractivity contribution is 5.77. The number of carbonyl (C=O) groups is 1. The van der Waals surface area contributed by atoms with E-state index in [0.29, 0.717) is 12.2 Å². The lowest BCUT2D eigenvalue weighted by Crippen LogP contribution is -1.91. The Morgan fingerprint density at radius 1 is 1.62 bits per heavy atom. The molecule has 0 aliphatic carbocycles. The third-order valence-electron chi connectivity index (χ3n) is 1.87. The van der Waals surface area contributed by atoms with Gasteiger partial charge in [0, 0.05) is 18.6 Å². The highest BCUT2D eigenvalue weighted by atomic mass is 16.5. The molecule has 66 valence electrons. The highest BCUT2D eigenvalue weighted by Gasteiger charge is 2.00. The normalized spacial score (nSPS) is 10.2. The average molecular weight is 176 g/mol. The van der Waals surface area contributed by atoms with E-state index in [-0.39, 0.29) is 0 Å². The zero-order valence-electron chi connectivity index (χ0n) is 7.10. The summed E-state index contributed by atoms with van der Waals surface area (Å²) < 4.78 is 6.57. The molecule has 0 N–H and O–H groups in total. The standard InChI is InChI=1S/C9H8N2O2/c1-11-3-2-7-4-8(13-6-12)5-10-9(7)11/h2-6H,1H3. The van der Waals surface area contributed by atoms with E-state index in [4.69, 9.17) is 0 Å². The van der Waals surface area contributed by atoms with Crippen molar-refractivity contribution in [3.8, 4) is 5.75 Å². The first-order valence-corrected chi connectivity index (χ1v) is 3.82. The van der Waals surface area contributed by atoms with Gasteiger partial charge < -0.3 is 9.30 Å². The minimum absolute atomic E-state index is 0.395. The smallest absolute Gasteiger partial charge is 0.298 e. The number of hydrogen-bond acceptors (Lipinski definition) is 3. The van der Waals surface area contributed by atoms with E-state index in [0.717, 1.165) is 11.0 Å². The number of hydrogen-bond donors (Lipinski definition) is 0. The van der Waals surface area contributed by atoms with Crippen molar-refractivity contribution in [3.05, 3.63) is 24.5 Å². The molecule has 4 nitrogen and oxygen atoms in total. The van der Waals surface area contributed by atoms with Crippen LogP contribution in [-0.2, 0) is 11.8 Å². The number of nitrogens with zero attached hydrogens (tertiary/aromatic N) is 2. The fraction of sp³-hybridized carbons (Fsp3) is 0.111. The molecule has 13 heavy (non-hydrogen) atoms. The molecule has 0 saturated carbocycles. The van der Waals surface area contributed by atoms with E-state index in [2.05, 4.69) is 9.72 Å². The molecule has 4 heteroatoms. The van der Waals surface area contributed by atoms with Crippen LogP contribution in [-0.4, -0.2) is 16.0 Å². The Labute approximate surface area is 74.8 Å². The second-order valence-electron chi connectivity index (χ2n) is 2.72. The lowest BCUT2D eigenvalue weighted by atomic mass is 10.3. The monoisotopic (exact) mass is 176 g/mol. The molecule has 2 heterocycles. The largest absolute Gasteiger partial charge is 0.427 e.